The molecule has 0 atom stereocenters. The maximum absolute atomic E-state index is 4.29. The molecule has 1 heterocycles. The second-order valence-corrected chi connectivity index (χ2v) is 7.73. The molecular weight excluding hydrogens is 248 g/mol. The minimum absolute atomic E-state index is 0.368. The van der Waals surface area contributed by atoms with Crippen LogP contribution >= 0.6 is 0 Å². The molecule has 0 spiro atoms. The summed E-state index contributed by atoms with van der Waals surface area (Å²) in [6.07, 6.45) is 8.39. The minimum Gasteiger partial charge on any atom is -0.319 e. The SMILES string of the molecule is CNCC1(Cc2cn(C)nn2)CCC(C(C)(C)C)CC1. The van der Waals surface area contributed by atoms with E-state index in [0.29, 0.717) is 10.8 Å². The smallest absolute Gasteiger partial charge is 0.0833 e. The van der Waals surface area contributed by atoms with Gasteiger partial charge in [-0.15, -0.1) is 5.10 Å². The van der Waals surface area contributed by atoms with Gasteiger partial charge in [0.2, 0.25) is 0 Å². The van der Waals surface area contributed by atoms with Crippen LogP contribution in [-0.4, -0.2) is 28.6 Å². The molecular formula is C16H30N4. The zero-order chi connectivity index (χ0) is 14.8. The molecule has 0 bridgehead atoms. The fraction of sp³-hybridized carbons (Fsp3) is 0.875. The van der Waals surface area contributed by atoms with Crippen LogP contribution < -0.4 is 5.32 Å². The highest BCUT2D eigenvalue weighted by Crippen LogP contribution is 2.46. The average molecular weight is 278 g/mol. The van der Waals surface area contributed by atoms with Crippen molar-refractivity contribution in [3.63, 3.8) is 0 Å². The van der Waals surface area contributed by atoms with Crippen molar-refractivity contribution >= 4 is 0 Å². The molecule has 0 unspecified atom stereocenters. The van der Waals surface area contributed by atoms with E-state index in [0.717, 1.165) is 24.6 Å². The highest BCUT2D eigenvalue weighted by atomic mass is 15.4. The highest BCUT2D eigenvalue weighted by molar-refractivity contribution is 5.02. The normalized spacial score (nSPS) is 27.8. The molecule has 4 heteroatoms. The van der Waals surface area contributed by atoms with E-state index in [4.69, 9.17) is 0 Å². The monoisotopic (exact) mass is 278 g/mol. The number of aryl methyl sites for hydroxylation is 1. The Morgan fingerprint density at radius 1 is 1.35 bits per heavy atom. The van der Waals surface area contributed by atoms with E-state index in [1.165, 1.54) is 25.7 Å². The Balaban J connectivity index is 2.05. The molecule has 1 aromatic rings. The second-order valence-electron chi connectivity index (χ2n) is 7.73. The van der Waals surface area contributed by atoms with E-state index in [-0.39, 0.29) is 0 Å². The van der Waals surface area contributed by atoms with E-state index in [1.54, 1.807) is 0 Å². The lowest BCUT2D eigenvalue weighted by Crippen LogP contribution is -2.40. The van der Waals surface area contributed by atoms with Crippen LogP contribution in [0.25, 0.3) is 0 Å². The second kappa shape index (κ2) is 5.84. The van der Waals surface area contributed by atoms with Crippen molar-refractivity contribution in [1.82, 2.24) is 20.3 Å². The molecule has 4 nitrogen and oxygen atoms in total. The van der Waals surface area contributed by atoms with Crippen molar-refractivity contribution in [3.8, 4) is 0 Å². The van der Waals surface area contributed by atoms with E-state index in [2.05, 4.69) is 49.6 Å². The first-order valence-electron chi connectivity index (χ1n) is 7.84. The average Bonchev–Trinajstić information content (AvgIpc) is 2.74. The molecule has 1 aromatic heterocycles. The maximum atomic E-state index is 4.29. The predicted octanol–water partition coefficient (Wildman–Crippen LogP) is 2.80. The molecule has 0 saturated heterocycles. The van der Waals surface area contributed by atoms with Crippen molar-refractivity contribution in [3.05, 3.63) is 11.9 Å². The third-order valence-electron chi connectivity index (χ3n) is 5.03. The van der Waals surface area contributed by atoms with Gasteiger partial charge >= 0.3 is 0 Å². The fourth-order valence-corrected chi connectivity index (χ4v) is 3.75. The summed E-state index contributed by atoms with van der Waals surface area (Å²) in [5.41, 5.74) is 1.95. The lowest BCUT2D eigenvalue weighted by atomic mass is 9.62. The lowest BCUT2D eigenvalue weighted by Gasteiger charge is -2.44. The van der Waals surface area contributed by atoms with Gasteiger partial charge < -0.3 is 5.32 Å². The Kier molecular flexibility index (Phi) is 4.52. The summed E-state index contributed by atoms with van der Waals surface area (Å²) in [4.78, 5) is 0. The molecule has 1 N–H and O–H groups in total. The van der Waals surface area contributed by atoms with Crippen LogP contribution in [0.5, 0.6) is 0 Å². The van der Waals surface area contributed by atoms with Crippen LogP contribution in [0, 0.1) is 16.7 Å². The first-order valence-corrected chi connectivity index (χ1v) is 7.84. The third-order valence-corrected chi connectivity index (χ3v) is 5.03. The summed E-state index contributed by atoms with van der Waals surface area (Å²) >= 11 is 0. The number of rotatable bonds is 4. The van der Waals surface area contributed by atoms with E-state index >= 15 is 0 Å². The van der Waals surface area contributed by atoms with Crippen molar-refractivity contribution in [1.29, 1.82) is 0 Å². The van der Waals surface area contributed by atoms with Crippen LogP contribution in [0.15, 0.2) is 6.20 Å². The van der Waals surface area contributed by atoms with Crippen LogP contribution in [0.2, 0.25) is 0 Å². The van der Waals surface area contributed by atoms with Crippen molar-refractivity contribution in [2.45, 2.75) is 52.9 Å². The lowest BCUT2D eigenvalue weighted by molar-refractivity contribution is 0.0870. The summed E-state index contributed by atoms with van der Waals surface area (Å²) in [5.74, 6) is 0.856. The van der Waals surface area contributed by atoms with Gasteiger partial charge in [0.25, 0.3) is 0 Å². The molecule has 20 heavy (non-hydrogen) atoms. The number of hydrogen-bond acceptors (Lipinski definition) is 3. The van der Waals surface area contributed by atoms with Crippen LogP contribution in [0.1, 0.15) is 52.1 Å². The maximum Gasteiger partial charge on any atom is 0.0833 e. The standard InChI is InChI=1S/C16H30N4/c1-15(2,3)13-6-8-16(9-7-13,12-17-4)10-14-11-20(5)19-18-14/h11,13,17H,6-10,12H2,1-5H3. The highest BCUT2D eigenvalue weighted by Gasteiger charge is 2.38. The van der Waals surface area contributed by atoms with Crippen LogP contribution in [0.3, 0.4) is 0 Å². The topological polar surface area (TPSA) is 42.7 Å². The zero-order valence-corrected chi connectivity index (χ0v) is 13.7. The molecule has 0 radical (unpaired) electrons. The molecule has 1 fully saturated rings. The first kappa shape index (κ1) is 15.5. The van der Waals surface area contributed by atoms with E-state index in [9.17, 15) is 0 Å². The predicted molar refractivity (Wildman–Crippen MR) is 82.5 cm³/mol. The van der Waals surface area contributed by atoms with E-state index < -0.39 is 0 Å². The largest absolute Gasteiger partial charge is 0.319 e. The Hall–Kier alpha value is -0.900. The van der Waals surface area contributed by atoms with Gasteiger partial charge in [0, 0.05) is 19.8 Å². The summed E-state index contributed by atoms with van der Waals surface area (Å²) in [6, 6.07) is 0. The molecule has 1 aliphatic rings. The van der Waals surface area contributed by atoms with Crippen LogP contribution in [0.4, 0.5) is 0 Å². The number of nitrogens with zero attached hydrogens (tertiary/aromatic N) is 3. The zero-order valence-electron chi connectivity index (χ0n) is 13.7. The number of hydrogen-bond donors (Lipinski definition) is 1. The van der Waals surface area contributed by atoms with Gasteiger partial charge in [-0.25, -0.2) is 0 Å². The summed E-state index contributed by atoms with van der Waals surface area (Å²) in [7, 11) is 4.01. The van der Waals surface area contributed by atoms with Gasteiger partial charge in [0.15, 0.2) is 0 Å². The molecule has 1 saturated carbocycles. The Bertz CT molecular complexity index is 422. The molecule has 0 aliphatic heterocycles. The summed E-state index contributed by atoms with van der Waals surface area (Å²) < 4.78 is 1.81. The minimum atomic E-state index is 0.368. The van der Waals surface area contributed by atoms with Crippen LogP contribution in [-0.2, 0) is 13.5 Å². The van der Waals surface area contributed by atoms with E-state index in [1.807, 2.05) is 11.7 Å². The number of nitrogens with one attached hydrogen (secondary N) is 1. The first-order chi connectivity index (χ1) is 9.35. The van der Waals surface area contributed by atoms with Crippen molar-refractivity contribution < 1.29 is 0 Å². The van der Waals surface area contributed by atoms with Gasteiger partial charge in [-0.1, -0.05) is 26.0 Å². The van der Waals surface area contributed by atoms with Crippen molar-refractivity contribution in [2.75, 3.05) is 13.6 Å². The molecule has 0 aromatic carbocycles. The number of aromatic nitrogens is 3. The van der Waals surface area contributed by atoms with Gasteiger partial charge in [-0.3, -0.25) is 4.68 Å². The quantitative estimate of drug-likeness (QED) is 0.921. The Morgan fingerprint density at radius 3 is 2.45 bits per heavy atom. The Morgan fingerprint density at radius 2 is 2.00 bits per heavy atom. The summed E-state index contributed by atoms with van der Waals surface area (Å²) in [6.45, 7) is 8.22. The molecule has 2 rings (SSSR count). The molecule has 114 valence electrons. The Labute approximate surface area is 123 Å². The van der Waals surface area contributed by atoms with Gasteiger partial charge in [-0.2, -0.15) is 0 Å². The van der Waals surface area contributed by atoms with Gasteiger partial charge in [0.05, 0.1) is 5.69 Å². The van der Waals surface area contributed by atoms with Crippen molar-refractivity contribution in [2.24, 2.45) is 23.8 Å². The molecule has 0 amide bonds. The van der Waals surface area contributed by atoms with Gasteiger partial charge in [-0.05, 0) is 55.9 Å². The fourth-order valence-electron chi connectivity index (χ4n) is 3.75. The molecule has 1 aliphatic carbocycles. The van der Waals surface area contributed by atoms with Gasteiger partial charge in [0.1, 0.15) is 0 Å². The summed E-state index contributed by atoms with van der Waals surface area (Å²) in [5, 5.41) is 11.8. The third kappa shape index (κ3) is 3.60.